The Kier molecular flexibility index (Phi) is 5.37. The Labute approximate surface area is 127 Å². The van der Waals surface area contributed by atoms with Gasteiger partial charge in [-0.25, -0.2) is 0 Å². The van der Waals surface area contributed by atoms with Gasteiger partial charge in [-0.1, -0.05) is 30.7 Å². The molecule has 1 aromatic carbocycles. The fourth-order valence-electron chi connectivity index (χ4n) is 2.95. The summed E-state index contributed by atoms with van der Waals surface area (Å²) in [7, 11) is -3.51. The van der Waals surface area contributed by atoms with Crippen molar-refractivity contribution in [1.82, 2.24) is 9.03 Å². The summed E-state index contributed by atoms with van der Waals surface area (Å²) in [6.45, 7) is 4.79. The SMILES string of the molecule is Cc1ccccc1C(C)NS(=O)(=O)N1CCCCC1CN. The standard InChI is InChI=1S/C15H25N3O2S/c1-12-7-3-4-9-15(12)13(2)17-21(19,20)18-10-6-5-8-14(18)11-16/h3-4,7,9,13-14,17H,5-6,8,10-11,16H2,1-2H3. The predicted octanol–water partition coefficient (Wildman–Crippen LogP) is 1.70. The lowest BCUT2D eigenvalue weighted by molar-refractivity contribution is 0.253. The van der Waals surface area contributed by atoms with Crippen LogP contribution in [-0.2, 0) is 10.2 Å². The van der Waals surface area contributed by atoms with Crippen LogP contribution < -0.4 is 10.5 Å². The van der Waals surface area contributed by atoms with Gasteiger partial charge in [0.15, 0.2) is 0 Å². The van der Waals surface area contributed by atoms with E-state index in [1.54, 1.807) is 0 Å². The molecule has 1 aromatic rings. The number of hydrogen-bond donors (Lipinski definition) is 2. The van der Waals surface area contributed by atoms with Crippen molar-refractivity contribution in [3.63, 3.8) is 0 Å². The Hall–Kier alpha value is -0.950. The van der Waals surface area contributed by atoms with Crippen molar-refractivity contribution in [1.29, 1.82) is 0 Å². The van der Waals surface area contributed by atoms with Crippen LogP contribution in [0.25, 0.3) is 0 Å². The molecule has 6 heteroatoms. The molecule has 0 bridgehead atoms. The maximum atomic E-state index is 12.6. The third kappa shape index (κ3) is 3.83. The maximum absolute atomic E-state index is 12.6. The van der Waals surface area contributed by atoms with Gasteiger partial charge in [0.25, 0.3) is 10.2 Å². The molecule has 1 fully saturated rings. The summed E-state index contributed by atoms with van der Waals surface area (Å²) in [6, 6.07) is 7.49. The van der Waals surface area contributed by atoms with Crippen LogP contribution in [0.5, 0.6) is 0 Å². The molecular formula is C15H25N3O2S. The highest BCUT2D eigenvalue weighted by Crippen LogP contribution is 2.22. The van der Waals surface area contributed by atoms with Gasteiger partial charge in [-0.3, -0.25) is 0 Å². The summed E-state index contributed by atoms with van der Waals surface area (Å²) in [5.74, 6) is 0. The number of hydrogen-bond acceptors (Lipinski definition) is 3. The first-order valence-electron chi connectivity index (χ1n) is 7.50. The van der Waals surface area contributed by atoms with E-state index in [-0.39, 0.29) is 12.1 Å². The van der Waals surface area contributed by atoms with E-state index in [0.29, 0.717) is 13.1 Å². The quantitative estimate of drug-likeness (QED) is 0.869. The van der Waals surface area contributed by atoms with Crippen molar-refractivity contribution in [2.75, 3.05) is 13.1 Å². The van der Waals surface area contributed by atoms with E-state index in [2.05, 4.69) is 4.72 Å². The molecule has 1 aliphatic heterocycles. The number of benzene rings is 1. The molecule has 0 spiro atoms. The molecule has 1 saturated heterocycles. The number of rotatable bonds is 5. The van der Waals surface area contributed by atoms with Crippen LogP contribution in [0, 0.1) is 6.92 Å². The summed E-state index contributed by atoms with van der Waals surface area (Å²) >= 11 is 0. The molecule has 2 unspecified atom stereocenters. The van der Waals surface area contributed by atoms with E-state index < -0.39 is 10.2 Å². The fraction of sp³-hybridized carbons (Fsp3) is 0.600. The number of nitrogens with one attached hydrogen (secondary N) is 1. The zero-order valence-corrected chi connectivity index (χ0v) is 13.6. The minimum atomic E-state index is -3.51. The minimum absolute atomic E-state index is 0.0830. The topological polar surface area (TPSA) is 75.4 Å². The minimum Gasteiger partial charge on any atom is -0.329 e. The average molecular weight is 311 g/mol. The average Bonchev–Trinajstić information content (AvgIpc) is 2.47. The summed E-state index contributed by atoms with van der Waals surface area (Å²) in [6.07, 6.45) is 2.79. The molecule has 0 aliphatic carbocycles. The van der Waals surface area contributed by atoms with Crippen LogP contribution in [0.2, 0.25) is 0 Å². The highest BCUT2D eigenvalue weighted by atomic mass is 32.2. The summed E-state index contributed by atoms with van der Waals surface area (Å²) < 4.78 is 29.5. The molecular weight excluding hydrogens is 286 g/mol. The Morgan fingerprint density at radius 3 is 2.76 bits per heavy atom. The lowest BCUT2D eigenvalue weighted by atomic mass is 10.0. The van der Waals surface area contributed by atoms with Crippen LogP contribution in [0.1, 0.15) is 43.4 Å². The molecule has 5 nitrogen and oxygen atoms in total. The normalized spacial score (nSPS) is 22.1. The van der Waals surface area contributed by atoms with Crippen LogP contribution in [-0.4, -0.2) is 31.9 Å². The van der Waals surface area contributed by atoms with Crippen molar-refractivity contribution < 1.29 is 8.42 Å². The molecule has 0 amide bonds. The van der Waals surface area contributed by atoms with Crippen LogP contribution in [0.3, 0.4) is 0 Å². The zero-order valence-electron chi connectivity index (χ0n) is 12.7. The van der Waals surface area contributed by atoms with Gasteiger partial charge in [0.2, 0.25) is 0 Å². The summed E-state index contributed by atoms with van der Waals surface area (Å²) in [4.78, 5) is 0. The monoisotopic (exact) mass is 311 g/mol. The largest absolute Gasteiger partial charge is 0.329 e. The summed E-state index contributed by atoms with van der Waals surface area (Å²) in [5, 5.41) is 0. The van der Waals surface area contributed by atoms with Crippen molar-refractivity contribution in [2.45, 2.75) is 45.2 Å². The van der Waals surface area contributed by atoms with Crippen LogP contribution >= 0.6 is 0 Å². The fourth-order valence-corrected chi connectivity index (χ4v) is 4.62. The van der Waals surface area contributed by atoms with Gasteiger partial charge < -0.3 is 5.73 Å². The second-order valence-corrected chi connectivity index (χ2v) is 7.35. The van der Waals surface area contributed by atoms with Gasteiger partial charge in [-0.15, -0.1) is 0 Å². The van der Waals surface area contributed by atoms with Gasteiger partial charge in [-0.05, 0) is 37.8 Å². The number of piperidine rings is 1. The Morgan fingerprint density at radius 1 is 1.38 bits per heavy atom. The van der Waals surface area contributed by atoms with E-state index in [4.69, 9.17) is 5.73 Å². The highest BCUT2D eigenvalue weighted by molar-refractivity contribution is 7.87. The van der Waals surface area contributed by atoms with Gasteiger partial charge >= 0.3 is 0 Å². The number of aryl methyl sites for hydroxylation is 1. The molecule has 0 saturated carbocycles. The molecule has 118 valence electrons. The Bertz CT molecular complexity index is 574. The predicted molar refractivity (Wildman–Crippen MR) is 85.0 cm³/mol. The van der Waals surface area contributed by atoms with Gasteiger partial charge in [-0.2, -0.15) is 17.4 Å². The summed E-state index contributed by atoms with van der Waals surface area (Å²) in [5.41, 5.74) is 7.81. The number of nitrogens with zero attached hydrogens (tertiary/aromatic N) is 1. The lowest BCUT2D eigenvalue weighted by Crippen LogP contribution is -2.52. The Morgan fingerprint density at radius 2 is 2.10 bits per heavy atom. The van der Waals surface area contributed by atoms with Gasteiger partial charge in [0, 0.05) is 25.2 Å². The first kappa shape index (κ1) is 16.4. The smallest absolute Gasteiger partial charge is 0.280 e. The van der Waals surface area contributed by atoms with Crippen molar-refractivity contribution in [2.24, 2.45) is 5.73 Å². The molecule has 21 heavy (non-hydrogen) atoms. The third-order valence-electron chi connectivity index (χ3n) is 4.13. The lowest BCUT2D eigenvalue weighted by Gasteiger charge is -2.34. The molecule has 1 aliphatic rings. The van der Waals surface area contributed by atoms with E-state index in [9.17, 15) is 8.42 Å². The van der Waals surface area contributed by atoms with Gasteiger partial charge in [0.1, 0.15) is 0 Å². The van der Waals surface area contributed by atoms with Crippen LogP contribution in [0.15, 0.2) is 24.3 Å². The molecule has 0 aromatic heterocycles. The van der Waals surface area contributed by atoms with Crippen LogP contribution in [0.4, 0.5) is 0 Å². The van der Waals surface area contributed by atoms with Crippen molar-refractivity contribution in [3.8, 4) is 0 Å². The van der Waals surface area contributed by atoms with Crippen molar-refractivity contribution in [3.05, 3.63) is 35.4 Å². The van der Waals surface area contributed by atoms with E-state index in [1.165, 1.54) is 4.31 Å². The second-order valence-electron chi connectivity index (χ2n) is 5.70. The molecule has 3 N–H and O–H groups in total. The molecule has 2 rings (SSSR count). The van der Waals surface area contributed by atoms with Gasteiger partial charge in [0.05, 0.1) is 0 Å². The first-order chi connectivity index (χ1) is 9.95. The van der Waals surface area contributed by atoms with E-state index in [1.807, 2.05) is 38.1 Å². The van der Waals surface area contributed by atoms with Crippen molar-refractivity contribution >= 4 is 10.2 Å². The number of nitrogens with two attached hydrogens (primary N) is 1. The van der Waals surface area contributed by atoms with E-state index >= 15 is 0 Å². The molecule has 1 heterocycles. The zero-order chi connectivity index (χ0) is 15.5. The highest BCUT2D eigenvalue weighted by Gasteiger charge is 2.32. The third-order valence-corrected chi connectivity index (χ3v) is 5.88. The van der Waals surface area contributed by atoms with E-state index in [0.717, 1.165) is 30.4 Å². The second kappa shape index (κ2) is 6.87. The Balaban J connectivity index is 2.15. The molecule has 0 radical (unpaired) electrons. The first-order valence-corrected chi connectivity index (χ1v) is 8.94. The molecule has 2 atom stereocenters. The maximum Gasteiger partial charge on any atom is 0.280 e.